The zero-order valence-electron chi connectivity index (χ0n) is 13.3. The van der Waals surface area contributed by atoms with Crippen molar-refractivity contribution >= 4 is 0 Å². The number of methoxy groups -OCH3 is 1. The Morgan fingerprint density at radius 1 is 1.21 bits per heavy atom. The molecular weight excluding hydrogens is 306 g/mol. The number of nitrogens with one attached hydrogen (secondary N) is 1. The van der Waals surface area contributed by atoms with Gasteiger partial charge in [-0.3, -0.25) is 4.79 Å². The highest BCUT2D eigenvalue weighted by molar-refractivity contribution is 5.47. The number of pyridine rings is 1. The fourth-order valence-corrected chi connectivity index (χ4v) is 3.19. The lowest BCUT2D eigenvalue weighted by Gasteiger charge is -2.39. The SMILES string of the molecule is COc1cccc(C2(c3noc(-c4cccc(=O)[nH]4)n3)CCC2)c1. The van der Waals surface area contributed by atoms with Crippen LogP contribution in [0.2, 0.25) is 0 Å². The van der Waals surface area contributed by atoms with Crippen molar-refractivity contribution in [1.82, 2.24) is 15.1 Å². The molecule has 0 aliphatic heterocycles. The van der Waals surface area contributed by atoms with E-state index < -0.39 is 0 Å². The van der Waals surface area contributed by atoms with Crippen molar-refractivity contribution in [3.63, 3.8) is 0 Å². The molecule has 1 saturated carbocycles. The van der Waals surface area contributed by atoms with Gasteiger partial charge < -0.3 is 14.2 Å². The van der Waals surface area contributed by atoms with Crippen LogP contribution in [0, 0.1) is 0 Å². The number of rotatable bonds is 4. The van der Waals surface area contributed by atoms with Gasteiger partial charge in [-0.2, -0.15) is 4.98 Å². The van der Waals surface area contributed by atoms with Gasteiger partial charge in [-0.25, -0.2) is 0 Å². The Balaban J connectivity index is 1.75. The Morgan fingerprint density at radius 3 is 2.75 bits per heavy atom. The summed E-state index contributed by atoms with van der Waals surface area (Å²) in [6.07, 6.45) is 3.04. The number of H-pyrrole nitrogens is 1. The van der Waals surface area contributed by atoms with Crippen molar-refractivity contribution < 1.29 is 9.26 Å². The van der Waals surface area contributed by atoms with Crippen LogP contribution in [0.1, 0.15) is 30.7 Å². The molecule has 6 heteroatoms. The van der Waals surface area contributed by atoms with E-state index in [2.05, 4.69) is 21.2 Å². The molecule has 1 N–H and O–H groups in total. The fourth-order valence-electron chi connectivity index (χ4n) is 3.19. The van der Waals surface area contributed by atoms with Crippen LogP contribution in [0.4, 0.5) is 0 Å². The number of benzene rings is 1. The summed E-state index contributed by atoms with van der Waals surface area (Å²) in [5.41, 5.74) is 1.22. The van der Waals surface area contributed by atoms with Crippen molar-refractivity contribution in [2.75, 3.05) is 7.11 Å². The van der Waals surface area contributed by atoms with E-state index in [1.54, 1.807) is 19.2 Å². The molecule has 2 heterocycles. The molecule has 0 radical (unpaired) electrons. The van der Waals surface area contributed by atoms with Crippen LogP contribution in [0.25, 0.3) is 11.6 Å². The summed E-state index contributed by atoms with van der Waals surface area (Å²) < 4.78 is 10.7. The highest BCUT2D eigenvalue weighted by atomic mass is 16.5. The number of ether oxygens (including phenoxy) is 1. The van der Waals surface area contributed by atoms with Crippen LogP contribution in [-0.2, 0) is 5.41 Å². The van der Waals surface area contributed by atoms with E-state index >= 15 is 0 Å². The molecular formula is C18H17N3O3. The first-order valence-electron chi connectivity index (χ1n) is 7.90. The average Bonchev–Trinajstić information content (AvgIpc) is 3.04. The third-order valence-corrected chi connectivity index (χ3v) is 4.68. The van der Waals surface area contributed by atoms with Crippen LogP contribution in [0.5, 0.6) is 5.75 Å². The minimum atomic E-state index is -0.245. The van der Waals surface area contributed by atoms with Crippen LogP contribution >= 0.6 is 0 Å². The van der Waals surface area contributed by atoms with Gasteiger partial charge in [0.05, 0.1) is 12.5 Å². The topological polar surface area (TPSA) is 81.0 Å². The van der Waals surface area contributed by atoms with Crippen molar-refractivity contribution in [2.24, 2.45) is 0 Å². The number of aromatic nitrogens is 3. The highest BCUT2D eigenvalue weighted by Crippen LogP contribution is 2.48. The predicted molar refractivity (Wildman–Crippen MR) is 88.0 cm³/mol. The summed E-state index contributed by atoms with van der Waals surface area (Å²) in [6, 6.07) is 12.9. The molecule has 6 nitrogen and oxygen atoms in total. The molecule has 0 saturated heterocycles. The molecule has 24 heavy (non-hydrogen) atoms. The lowest BCUT2D eigenvalue weighted by Crippen LogP contribution is -2.36. The molecule has 1 aliphatic rings. The number of hydrogen-bond donors (Lipinski definition) is 1. The van der Waals surface area contributed by atoms with Gasteiger partial charge >= 0.3 is 0 Å². The minimum Gasteiger partial charge on any atom is -0.497 e. The maximum atomic E-state index is 11.5. The van der Waals surface area contributed by atoms with Gasteiger partial charge in [0, 0.05) is 6.07 Å². The Kier molecular flexibility index (Phi) is 3.45. The Hall–Kier alpha value is -2.89. The molecule has 0 spiro atoms. The maximum Gasteiger partial charge on any atom is 0.274 e. The zero-order valence-corrected chi connectivity index (χ0v) is 13.3. The fraction of sp³-hybridized carbons (Fsp3) is 0.278. The van der Waals surface area contributed by atoms with Gasteiger partial charge in [0.25, 0.3) is 5.89 Å². The summed E-state index contributed by atoms with van der Waals surface area (Å²) in [4.78, 5) is 18.7. The van der Waals surface area contributed by atoms with E-state index in [-0.39, 0.29) is 11.0 Å². The summed E-state index contributed by atoms with van der Waals surface area (Å²) in [5.74, 6) is 1.80. The largest absolute Gasteiger partial charge is 0.497 e. The molecule has 0 atom stereocenters. The van der Waals surface area contributed by atoms with Gasteiger partial charge in [0.2, 0.25) is 5.56 Å². The molecule has 1 fully saturated rings. The molecule has 1 aliphatic carbocycles. The van der Waals surface area contributed by atoms with E-state index in [9.17, 15) is 4.79 Å². The first kappa shape index (κ1) is 14.7. The second-order valence-corrected chi connectivity index (χ2v) is 6.02. The Labute approximate surface area is 138 Å². The second-order valence-electron chi connectivity index (χ2n) is 6.02. The average molecular weight is 323 g/mol. The van der Waals surface area contributed by atoms with Gasteiger partial charge in [-0.15, -0.1) is 0 Å². The van der Waals surface area contributed by atoms with E-state index in [4.69, 9.17) is 9.26 Å². The Bertz CT molecular complexity index is 925. The summed E-state index contributed by atoms with van der Waals surface area (Å²) in [5, 5.41) is 4.20. The highest BCUT2D eigenvalue weighted by Gasteiger charge is 2.44. The van der Waals surface area contributed by atoms with Crippen molar-refractivity contribution in [1.29, 1.82) is 0 Å². The number of nitrogens with zero attached hydrogens (tertiary/aromatic N) is 2. The van der Waals surface area contributed by atoms with E-state index in [1.165, 1.54) is 6.07 Å². The third-order valence-electron chi connectivity index (χ3n) is 4.68. The quantitative estimate of drug-likeness (QED) is 0.798. The minimum absolute atomic E-state index is 0.196. The lowest BCUT2D eigenvalue weighted by molar-refractivity contribution is 0.272. The van der Waals surface area contributed by atoms with E-state index in [0.717, 1.165) is 30.6 Å². The monoisotopic (exact) mass is 323 g/mol. The normalized spacial score (nSPS) is 15.7. The summed E-state index contributed by atoms with van der Waals surface area (Å²) in [6.45, 7) is 0. The first-order valence-corrected chi connectivity index (χ1v) is 7.90. The van der Waals surface area contributed by atoms with Crippen LogP contribution < -0.4 is 10.3 Å². The van der Waals surface area contributed by atoms with Crippen molar-refractivity contribution in [3.05, 3.63) is 64.2 Å². The predicted octanol–water partition coefficient (Wildman–Crippen LogP) is 2.90. The molecule has 2 aromatic heterocycles. The lowest BCUT2D eigenvalue weighted by atomic mass is 9.64. The molecule has 1 aromatic carbocycles. The van der Waals surface area contributed by atoms with Crippen LogP contribution in [-0.4, -0.2) is 22.2 Å². The van der Waals surface area contributed by atoms with E-state index in [0.29, 0.717) is 17.4 Å². The second kappa shape index (κ2) is 5.63. The van der Waals surface area contributed by atoms with Gasteiger partial charge in [0.1, 0.15) is 11.4 Å². The first-order chi connectivity index (χ1) is 11.7. The number of aromatic amines is 1. The Morgan fingerprint density at radius 2 is 2.04 bits per heavy atom. The molecule has 3 aromatic rings. The van der Waals surface area contributed by atoms with Gasteiger partial charge in [0.15, 0.2) is 5.82 Å². The summed E-state index contributed by atoms with van der Waals surface area (Å²) in [7, 11) is 1.66. The van der Waals surface area contributed by atoms with Crippen molar-refractivity contribution in [3.8, 4) is 17.3 Å². The summed E-state index contributed by atoms with van der Waals surface area (Å²) >= 11 is 0. The van der Waals surface area contributed by atoms with E-state index in [1.807, 2.05) is 18.2 Å². The standard InChI is InChI=1S/C18H17N3O3/c1-23-13-6-2-5-12(11-13)18(9-4-10-18)17-20-16(24-21-17)14-7-3-8-15(22)19-14/h2-3,5-8,11H,4,9-10H2,1H3,(H,19,22). The zero-order chi connectivity index (χ0) is 16.6. The van der Waals surface area contributed by atoms with Gasteiger partial charge in [-0.05, 0) is 36.6 Å². The van der Waals surface area contributed by atoms with Gasteiger partial charge in [-0.1, -0.05) is 29.8 Å². The number of hydrogen-bond acceptors (Lipinski definition) is 5. The van der Waals surface area contributed by atoms with Crippen LogP contribution in [0.15, 0.2) is 51.8 Å². The third kappa shape index (κ3) is 2.31. The molecule has 4 rings (SSSR count). The molecule has 0 bridgehead atoms. The molecule has 0 unspecified atom stereocenters. The molecule has 0 amide bonds. The maximum absolute atomic E-state index is 11.5. The molecule has 122 valence electrons. The van der Waals surface area contributed by atoms with Crippen molar-refractivity contribution in [2.45, 2.75) is 24.7 Å². The van der Waals surface area contributed by atoms with Crippen LogP contribution in [0.3, 0.4) is 0 Å². The smallest absolute Gasteiger partial charge is 0.274 e.